The van der Waals surface area contributed by atoms with Gasteiger partial charge in [0.15, 0.2) is 0 Å². The summed E-state index contributed by atoms with van der Waals surface area (Å²) in [5.74, 6) is 1.13. The highest BCUT2D eigenvalue weighted by Crippen LogP contribution is 2.16. The van der Waals surface area contributed by atoms with E-state index in [0.29, 0.717) is 0 Å². The number of rotatable bonds is 0. The Kier molecular flexibility index (Phi) is 2.88. The number of amidine groups is 1. The van der Waals surface area contributed by atoms with Crippen molar-refractivity contribution in [3.05, 3.63) is 0 Å². The maximum Gasteiger partial charge on any atom is 0.103 e. The Morgan fingerprint density at radius 3 is 1.60 bits per heavy atom. The van der Waals surface area contributed by atoms with Crippen LogP contribution < -0.4 is 0 Å². The second-order valence-electron chi connectivity index (χ2n) is 3.69. The first kappa shape index (κ1) is 9.47. The summed E-state index contributed by atoms with van der Waals surface area (Å²) in [6.07, 6.45) is 0. The van der Waals surface area contributed by atoms with Gasteiger partial charge in [-0.25, -0.2) is 0 Å². The molecule has 0 saturated carbocycles. The van der Waals surface area contributed by atoms with Crippen LogP contribution in [-0.4, -0.2) is 31.9 Å². The fourth-order valence-electron chi connectivity index (χ4n) is 1.21. The van der Waals surface area contributed by atoms with Crippen molar-refractivity contribution < 1.29 is 0 Å². The van der Waals surface area contributed by atoms with Gasteiger partial charge in [-0.1, -0.05) is 20.8 Å². The van der Waals surface area contributed by atoms with Crippen LogP contribution in [0.3, 0.4) is 0 Å². The van der Waals surface area contributed by atoms with Gasteiger partial charge < -0.3 is 4.90 Å². The minimum Gasteiger partial charge on any atom is -0.366 e. The van der Waals surface area contributed by atoms with Gasteiger partial charge in [0.1, 0.15) is 5.84 Å². The number of hydrogen-bond acceptors (Lipinski definition) is 1. The molecule has 0 amide bonds. The fourth-order valence-corrected chi connectivity index (χ4v) is 1.21. The predicted molar refractivity (Wildman–Crippen MR) is 46.5 cm³/mol. The van der Waals surface area contributed by atoms with Crippen LogP contribution in [0.15, 0.2) is 4.99 Å². The molecule has 0 aromatic rings. The first-order valence-electron chi connectivity index (χ1n) is 3.54. The van der Waals surface area contributed by atoms with Crippen LogP contribution in [0.5, 0.6) is 0 Å². The van der Waals surface area contributed by atoms with Crippen molar-refractivity contribution in [2.24, 2.45) is 10.4 Å². The molecule has 0 aliphatic heterocycles. The SMILES string of the molecule is CN=C(N(C)C)C(C)(C)C. The second-order valence-corrected chi connectivity index (χ2v) is 3.69. The van der Waals surface area contributed by atoms with Gasteiger partial charge in [0.05, 0.1) is 0 Å². The molecule has 2 heteroatoms. The van der Waals surface area contributed by atoms with Crippen molar-refractivity contribution >= 4 is 5.84 Å². The highest BCUT2D eigenvalue weighted by atomic mass is 15.1. The molecule has 0 fully saturated rings. The lowest BCUT2D eigenvalue weighted by molar-refractivity contribution is 0.480. The predicted octanol–water partition coefficient (Wildman–Crippen LogP) is 1.62. The Morgan fingerprint density at radius 1 is 1.20 bits per heavy atom. The average molecular weight is 142 g/mol. The lowest BCUT2D eigenvalue weighted by Crippen LogP contribution is -2.33. The molecule has 0 saturated heterocycles. The van der Waals surface area contributed by atoms with Crippen molar-refractivity contribution in [3.63, 3.8) is 0 Å². The summed E-state index contributed by atoms with van der Waals surface area (Å²) in [6, 6.07) is 0. The molecule has 0 aromatic heterocycles. The molecule has 0 bridgehead atoms. The van der Waals surface area contributed by atoms with E-state index in [-0.39, 0.29) is 5.41 Å². The van der Waals surface area contributed by atoms with E-state index in [1.165, 1.54) is 0 Å². The highest BCUT2D eigenvalue weighted by Gasteiger charge is 2.19. The van der Waals surface area contributed by atoms with Gasteiger partial charge in [0.25, 0.3) is 0 Å². The number of aliphatic imine (C=N–C) groups is 1. The number of hydrogen-bond donors (Lipinski definition) is 0. The molecule has 0 spiro atoms. The van der Waals surface area contributed by atoms with Crippen LogP contribution >= 0.6 is 0 Å². The smallest absolute Gasteiger partial charge is 0.103 e. The van der Waals surface area contributed by atoms with Gasteiger partial charge in [-0.15, -0.1) is 0 Å². The Labute approximate surface area is 63.9 Å². The van der Waals surface area contributed by atoms with E-state index in [4.69, 9.17) is 0 Å². The van der Waals surface area contributed by atoms with Gasteiger partial charge in [0, 0.05) is 26.6 Å². The first-order chi connectivity index (χ1) is 4.39. The normalized spacial score (nSPS) is 13.6. The molecule has 0 aromatic carbocycles. The zero-order valence-electron chi connectivity index (χ0n) is 7.89. The third-order valence-corrected chi connectivity index (χ3v) is 1.31. The molecule has 2 nitrogen and oxygen atoms in total. The van der Waals surface area contributed by atoms with Gasteiger partial charge in [-0.2, -0.15) is 0 Å². The Balaban J connectivity index is 4.40. The van der Waals surface area contributed by atoms with E-state index in [1.807, 2.05) is 21.1 Å². The lowest BCUT2D eigenvalue weighted by atomic mass is 9.94. The topological polar surface area (TPSA) is 15.6 Å². The standard InChI is InChI=1S/C8H18N2/c1-8(2,3)7(9-4)10(5)6/h1-6H3. The van der Waals surface area contributed by atoms with Gasteiger partial charge in [0.2, 0.25) is 0 Å². The van der Waals surface area contributed by atoms with Crippen LogP contribution in [0.1, 0.15) is 20.8 Å². The minimum atomic E-state index is 0.165. The lowest BCUT2D eigenvalue weighted by Gasteiger charge is -2.27. The van der Waals surface area contributed by atoms with E-state index in [0.717, 1.165) is 5.84 Å². The van der Waals surface area contributed by atoms with E-state index in [1.54, 1.807) is 0 Å². The minimum absolute atomic E-state index is 0.165. The third kappa shape index (κ3) is 2.38. The quantitative estimate of drug-likeness (QED) is 0.371. The van der Waals surface area contributed by atoms with E-state index < -0.39 is 0 Å². The van der Waals surface area contributed by atoms with Crippen molar-refractivity contribution in [1.29, 1.82) is 0 Å². The number of nitrogens with zero attached hydrogens (tertiary/aromatic N) is 2. The molecule has 0 N–H and O–H groups in total. The summed E-state index contributed by atoms with van der Waals surface area (Å²) < 4.78 is 0. The van der Waals surface area contributed by atoms with Gasteiger partial charge in [-0.05, 0) is 0 Å². The van der Waals surface area contributed by atoms with Gasteiger partial charge in [-0.3, -0.25) is 4.99 Å². The first-order valence-corrected chi connectivity index (χ1v) is 3.54. The maximum absolute atomic E-state index is 4.20. The molecule has 60 valence electrons. The van der Waals surface area contributed by atoms with Crippen molar-refractivity contribution in [3.8, 4) is 0 Å². The summed E-state index contributed by atoms with van der Waals surface area (Å²) in [6.45, 7) is 6.49. The summed E-state index contributed by atoms with van der Waals surface area (Å²) >= 11 is 0. The van der Waals surface area contributed by atoms with Crippen molar-refractivity contribution in [1.82, 2.24) is 4.90 Å². The van der Waals surface area contributed by atoms with E-state index >= 15 is 0 Å². The summed E-state index contributed by atoms with van der Waals surface area (Å²) in [5.41, 5.74) is 0.165. The zero-order valence-corrected chi connectivity index (χ0v) is 7.89. The van der Waals surface area contributed by atoms with Crippen LogP contribution in [-0.2, 0) is 0 Å². The summed E-state index contributed by atoms with van der Waals surface area (Å²) in [7, 11) is 5.88. The van der Waals surface area contributed by atoms with Crippen LogP contribution in [0.4, 0.5) is 0 Å². The molecule has 0 unspecified atom stereocenters. The Hall–Kier alpha value is -0.530. The van der Waals surface area contributed by atoms with Crippen molar-refractivity contribution in [2.75, 3.05) is 21.1 Å². The Bertz CT molecular complexity index is 129. The molecular weight excluding hydrogens is 124 g/mol. The average Bonchev–Trinajstić information content (AvgIpc) is 1.60. The summed E-state index contributed by atoms with van der Waals surface area (Å²) in [4.78, 5) is 6.26. The van der Waals surface area contributed by atoms with Crippen molar-refractivity contribution in [2.45, 2.75) is 20.8 Å². The molecule has 0 aliphatic rings. The Morgan fingerprint density at radius 2 is 1.60 bits per heavy atom. The van der Waals surface area contributed by atoms with Crippen LogP contribution in [0.2, 0.25) is 0 Å². The molecule has 0 radical (unpaired) electrons. The zero-order chi connectivity index (χ0) is 8.36. The molecule has 0 heterocycles. The van der Waals surface area contributed by atoms with Crippen LogP contribution in [0.25, 0.3) is 0 Å². The van der Waals surface area contributed by atoms with E-state index in [2.05, 4.69) is 30.7 Å². The molecular formula is C8H18N2. The maximum atomic E-state index is 4.20. The molecule has 0 aliphatic carbocycles. The monoisotopic (exact) mass is 142 g/mol. The molecule has 10 heavy (non-hydrogen) atoms. The third-order valence-electron chi connectivity index (χ3n) is 1.31. The molecule has 0 atom stereocenters. The van der Waals surface area contributed by atoms with E-state index in [9.17, 15) is 0 Å². The molecule has 0 rings (SSSR count). The highest BCUT2D eigenvalue weighted by molar-refractivity contribution is 5.86. The van der Waals surface area contributed by atoms with Crippen LogP contribution in [0, 0.1) is 5.41 Å². The largest absolute Gasteiger partial charge is 0.366 e. The fraction of sp³-hybridized carbons (Fsp3) is 0.875. The summed E-state index contributed by atoms with van der Waals surface area (Å²) in [5, 5.41) is 0. The van der Waals surface area contributed by atoms with Gasteiger partial charge >= 0.3 is 0 Å². The second kappa shape index (κ2) is 3.04.